The summed E-state index contributed by atoms with van der Waals surface area (Å²) in [5.74, 6) is -0.144. The minimum absolute atomic E-state index is 0.228. The second kappa shape index (κ2) is 6.18. The predicted octanol–water partition coefficient (Wildman–Crippen LogP) is 1.70. The van der Waals surface area contributed by atoms with E-state index in [0.29, 0.717) is 12.2 Å². The average Bonchev–Trinajstić information content (AvgIpc) is 2.26. The first kappa shape index (κ1) is 14.2. The van der Waals surface area contributed by atoms with Gasteiger partial charge in [-0.3, -0.25) is 0 Å². The fourth-order valence-corrected chi connectivity index (χ4v) is 1.58. The number of hydrogen-bond donors (Lipinski definition) is 2. The van der Waals surface area contributed by atoms with Crippen molar-refractivity contribution >= 4 is 11.8 Å². The van der Waals surface area contributed by atoms with Crippen molar-refractivity contribution < 1.29 is 14.6 Å². The predicted molar refractivity (Wildman–Crippen MR) is 67.8 cm³/mol. The van der Waals surface area contributed by atoms with Crippen molar-refractivity contribution in [2.75, 3.05) is 12.4 Å². The molecule has 0 aliphatic carbocycles. The van der Waals surface area contributed by atoms with Gasteiger partial charge in [-0.05, 0) is 19.3 Å². The van der Waals surface area contributed by atoms with Crippen LogP contribution in [-0.2, 0) is 4.79 Å². The number of nitrogens with zero attached hydrogens (tertiary/aromatic N) is 2. The highest BCUT2D eigenvalue weighted by molar-refractivity contribution is 5.76. The van der Waals surface area contributed by atoms with Crippen molar-refractivity contribution in [1.29, 1.82) is 0 Å². The van der Waals surface area contributed by atoms with Crippen molar-refractivity contribution in [2.45, 2.75) is 33.2 Å². The highest BCUT2D eigenvalue weighted by atomic mass is 16.5. The number of rotatable bonds is 6. The van der Waals surface area contributed by atoms with E-state index in [1.54, 1.807) is 13.0 Å². The number of aliphatic carboxylic acids is 1. The maximum atomic E-state index is 11.1. The van der Waals surface area contributed by atoms with Gasteiger partial charge in [-0.15, -0.1) is 0 Å². The Morgan fingerprint density at radius 2 is 2.17 bits per heavy atom. The summed E-state index contributed by atoms with van der Waals surface area (Å²) in [5.41, 5.74) is 0.720. The molecule has 0 amide bonds. The van der Waals surface area contributed by atoms with Crippen molar-refractivity contribution in [2.24, 2.45) is 5.92 Å². The van der Waals surface area contributed by atoms with Crippen molar-refractivity contribution in [3.05, 3.63) is 11.8 Å². The van der Waals surface area contributed by atoms with Crippen LogP contribution in [0.4, 0.5) is 5.82 Å². The zero-order chi connectivity index (χ0) is 13.7. The van der Waals surface area contributed by atoms with Gasteiger partial charge in [-0.2, -0.15) is 4.98 Å². The number of carboxylic acids is 1. The lowest BCUT2D eigenvalue weighted by atomic mass is 10.0. The molecule has 0 aliphatic rings. The Morgan fingerprint density at radius 1 is 1.50 bits per heavy atom. The van der Waals surface area contributed by atoms with Gasteiger partial charge in [0.25, 0.3) is 0 Å². The van der Waals surface area contributed by atoms with Gasteiger partial charge in [0.1, 0.15) is 11.9 Å². The summed E-state index contributed by atoms with van der Waals surface area (Å²) in [7, 11) is 1.47. The fourth-order valence-electron chi connectivity index (χ4n) is 1.58. The standard InChI is InChI=1S/C12H19N3O3/c1-7(2)5-9(11(16)17)14-10-6-8(3)13-12(15-10)18-4/h6-7,9H,5H2,1-4H3,(H,16,17)(H,13,14,15)/t9-/m1/s1. The Labute approximate surface area is 106 Å². The lowest BCUT2D eigenvalue weighted by molar-refractivity contribution is -0.138. The average molecular weight is 253 g/mol. The molecule has 0 unspecified atom stereocenters. The lowest BCUT2D eigenvalue weighted by Crippen LogP contribution is -2.31. The van der Waals surface area contributed by atoms with Crippen LogP contribution in [0, 0.1) is 12.8 Å². The van der Waals surface area contributed by atoms with Gasteiger partial charge in [0.15, 0.2) is 0 Å². The lowest BCUT2D eigenvalue weighted by Gasteiger charge is -2.17. The number of carbonyl (C=O) groups is 1. The third-order valence-electron chi connectivity index (χ3n) is 2.34. The maximum Gasteiger partial charge on any atom is 0.326 e. The van der Waals surface area contributed by atoms with E-state index in [2.05, 4.69) is 15.3 Å². The maximum absolute atomic E-state index is 11.1. The Hall–Kier alpha value is -1.85. The van der Waals surface area contributed by atoms with E-state index >= 15 is 0 Å². The van der Waals surface area contributed by atoms with Crippen LogP contribution in [0.1, 0.15) is 26.0 Å². The molecule has 6 nitrogen and oxygen atoms in total. The minimum atomic E-state index is -0.890. The monoisotopic (exact) mass is 253 g/mol. The number of carboxylic acid groups (broad SMARTS) is 1. The molecule has 1 atom stereocenters. The zero-order valence-corrected chi connectivity index (χ0v) is 11.1. The van der Waals surface area contributed by atoms with E-state index in [0.717, 1.165) is 5.69 Å². The van der Waals surface area contributed by atoms with Crippen molar-refractivity contribution in [1.82, 2.24) is 9.97 Å². The minimum Gasteiger partial charge on any atom is -0.480 e. The van der Waals surface area contributed by atoms with Gasteiger partial charge in [0.05, 0.1) is 7.11 Å². The summed E-state index contributed by atoms with van der Waals surface area (Å²) in [6.07, 6.45) is 0.528. The summed E-state index contributed by atoms with van der Waals surface area (Å²) in [6.45, 7) is 5.75. The van der Waals surface area contributed by atoms with Gasteiger partial charge in [0, 0.05) is 11.8 Å². The summed E-state index contributed by atoms with van der Waals surface area (Å²) in [6, 6.07) is 1.26. The molecule has 6 heteroatoms. The van der Waals surface area contributed by atoms with E-state index in [1.807, 2.05) is 13.8 Å². The van der Waals surface area contributed by atoms with E-state index in [9.17, 15) is 4.79 Å². The molecule has 0 saturated heterocycles. The molecule has 0 aliphatic heterocycles. The molecule has 18 heavy (non-hydrogen) atoms. The number of anilines is 1. The molecule has 100 valence electrons. The smallest absolute Gasteiger partial charge is 0.326 e. The molecule has 1 aromatic heterocycles. The Balaban J connectivity index is 2.86. The van der Waals surface area contributed by atoms with Crippen LogP contribution in [0.25, 0.3) is 0 Å². The van der Waals surface area contributed by atoms with Gasteiger partial charge in [-0.1, -0.05) is 13.8 Å². The molecule has 1 rings (SSSR count). The second-order valence-electron chi connectivity index (χ2n) is 4.55. The van der Waals surface area contributed by atoms with E-state index in [1.165, 1.54) is 7.11 Å². The molecule has 0 fully saturated rings. The molecule has 0 spiro atoms. The van der Waals surface area contributed by atoms with E-state index < -0.39 is 12.0 Å². The SMILES string of the molecule is COc1nc(C)cc(N[C@H](CC(C)C)C(=O)O)n1. The van der Waals surface area contributed by atoms with Crippen molar-refractivity contribution in [3.63, 3.8) is 0 Å². The third-order valence-corrected chi connectivity index (χ3v) is 2.34. The van der Waals surface area contributed by atoms with Crippen LogP contribution in [0.2, 0.25) is 0 Å². The highest BCUT2D eigenvalue weighted by Crippen LogP contribution is 2.15. The number of aryl methyl sites for hydroxylation is 1. The van der Waals surface area contributed by atoms with Crippen LogP contribution in [0.5, 0.6) is 6.01 Å². The quantitative estimate of drug-likeness (QED) is 0.802. The first-order valence-electron chi connectivity index (χ1n) is 5.81. The van der Waals surface area contributed by atoms with Gasteiger partial charge in [-0.25, -0.2) is 9.78 Å². The van der Waals surface area contributed by atoms with Crippen LogP contribution < -0.4 is 10.1 Å². The molecular formula is C12H19N3O3. The molecule has 1 heterocycles. The zero-order valence-electron chi connectivity index (χ0n) is 11.1. The van der Waals surface area contributed by atoms with Gasteiger partial charge in [0.2, 0.25) is 0 Å². The summed E-state index contributed by atoms with van der Waals surface area (Å²) < 4.78 is 4.95. The van der Waals surface area contributed by atoms with Crippen LogP contribution in [0.15, 0.2) is 6.07 Å². The Bertz CT molecular complexity index is 421. The molecule has 0 bridgehead atoms. The first-order valence-corrected chi connectivity index (χ1v) is 5.81. The molecule has 0 aromatic carbocycles. The number of nitrogens with one attached hydrogen (secondary N) is 1. The summed E-state index contributed by atoms with van der Waals surface area (Å²) in [4.78, 5) is 19.3. The first-order chi connectivity index (χ1) is 8.42. The van der Waals surface area contributed by atoms with Gasteiger partial charge >= 0.3 is 12.0 Å². The number of hydrogen-bond acceptors (Lipinski definition) is 5. The second-order valence-corrected chi connectivity index (χ2v) is 4.55. The number of methoxy groups -OCH3 is 1. The third kappa shape index (κ3) is 4.20. The number of ether oxygens (including phenoxy) is 1. The van der Waals surface area contributed by atoms with Crippen LogP contribution >= 0.6 is 0 Å². The largest absolute Gasteiger partial charge is 0.480 e. The molecule has 1 aromatic rings. The van der Waals surface area contributed by atoms with Gasteiger partial charge < -0.3 is 15.2 Å². The molecular weight excluding hydrogens is 234 g/mol. The molecule has 0 saturated carbocycles. The Morgan fingerprint density at radius 3 is 2.67 bits per heavy atom. The number of aromatic nitrogens is 2. The summed E-state index contributed by atoms with van der Waals surface area (Å²) >= 11 is 0. The molecule has 0 radical (unpaired) electrons. The highest BCUT2D eigenvalue weighted by Gasteiger charge is 2.19. The van der Waals surface area contributed by atoms with Crippen LogP contribution in [0.3, 0.4) is 0 Å². The Kier molecular flexibility index (Phi) is 4.88. The topological polar surface area (TPSA) is 84.3 Å². The van der Waals surface area contributed by atoms with Crippen molar-refractivity contribution in [3.8, 4) is 6.01 Å². The van der Waals surface area contributed by atoms with Crippen LogP contribution in [-0.4, -0.2) is 34.2 Å². The summed E-state index contributed by atoms with van der Waals surface area (Å²) in [5, 5.41) is 12.0. The molecule has 2 N–H and O–H groups in total. The van der Waals surface area contributed by atoms with E-state index in [-0.39, 0.29) is 11.9 Å². The normalized spacial score (nSPS) is 12.3. The fraction of sp³-hybridized carbons (Fsp3) is 0.583. The van der Waals surface area contributed by atoms with E-state index in [4.69, 9.17) is 9.84 Å².